The number of hydrogen-bond acceptors (Lipinski definition) is 4. The van der Waals surface area contributed by atoms with E-state index in [1.807, 2.05) is 54.6 Å². The van der Waals surface area contributed by atoms with Crippen molar-refractivity contribution in [2.45, 2.75) is 32.2 Å². The van der Waals surface area contributed by atoms with Gasteiger partial charge in [0.05, 0.1) is 31.1 Å². The zero-order chi connectivity index (χ0) is 26.0. The van der Waals surface area contributed by atoms with Crippen LogP contribution in [0, 0.1) is 0 Å². The average molecular weight is 518 g/mol. The number of aromatic nitrogens is 2. The van der Waals surface area contributed by atoms with Gasteiger partial charge >= 0.3 is 0 Å². The number of nitrogens with one attached hydrogen (secondary N) is 1. The summed E-state index contributed by atoms with van der Waals surface area (Å²) < 4.78 is 13.8. The van der Waals surface area contributed by atoms with Gasteiger partial charge in [0.25, 0.3) is 0 Å². The molecule has 0 bridgehead atoms. The number of fused-ring (bicyclic) bond motifs is 1. The van der Waals surface area contributed by atoms with Crippen LogP contribution in [0.25, 0.3) is 11.0 Å². The molecule has 0 saturated heterocycles. The topological polar surface area (TPSA) is 65.4 Å². The fourth-order valence-electron chi connectivity index (χ4n) is 4.26. The third kappa shape index (κ3) is 7.14. The van der Waals surface area contributed by atoms with E-state index in [-0.39, 0.29) is 5.91 Å². The highest BCUT2D eigenvalue weighted by atomic mass is 35.5. The molecule has 0 radical (unpaired) electrons. The number of allylic oxidation sites excluding steroid dienone is 1. The normalized spacial score (nSPS) is 10.9. The highest BCUT2D eigenvalue weighted by Gasteiger charge is 2.12. The highest BCUT2D eigenvalue weighted by molar-refractivity contribution is 6.30. The van der Waals surface area contributed by atoms with E-state index < -0.39 is 0 Å². The van der Waals surface area contributed by atoms with Gasteiger partial charge in [0.15, 0.2) is 11.5 Å². The van der Waals surface area contributed by atoms with E-state index in [0.717, 1.165) is 47.2 Å². The number of halogens is 1. The van der Waals surface area contributed by atoms with Crippen LogP contribution in [0.5, 0.6) is 11.5 Å². The lowest BCUT2D eigenvalue weighted by Crippen LogP contribution is -2.26. The molecule has 1 heterocycles. The minimum atomic E-state index is -0.00252. The average Bonchev–Trinajstić information content (AvgIpc) is 3.26. The molecular weight excluding hydrogens is 486 g/mol. The van der Waals surface area contributed by atoms with Gasteiger partial charge in [-0.3, -0.25) is 4.79 Å². The van der Waals surface area contributed by atoms with E-state index in [0.29, 0.717) is 42.6 Å². The fraction of sp³-hybridized carbons (Fsp3) is 0.267. The zero-order valence-electron chi connectivity index (χ0n) is 21.1. The second kappa shape index (κ2) is 13.0. The maximum atomic E-state index is 12.3. The third-order valence-corrected chi connectivity index (χ3v) is 6.34. The number of imidazole rings is 1. The minimum Gasteiger partial charge on any atom is -0.493 e. The van der Waals surface area contributed by atoms with Crippen LogP contribution in [0.4, 0.5) is 0 Å². The van der Waals surface area contributed by atoms with Crippen LogP contribution >= 0.6 is 11.6 Å². The molecule has 0 unspecified atom stereocenters. The van der Waals surface area contributed by atoms with Crippen molar-refractivity contribution in [3.8, 4) is 11.5 Å². The molecule has 0 aliphatic heterocycles. The number of methoxy groups -OCH3 is 1. The Balaban J connectivity index is 1.34. The summed E-state index contributed by atoms with van der Waals surface area (Å²) in [5.74, 6) is 2.40. The first-order valence-electron chi connectivity index (χ1n) is 12.4. The highest BCUT2D eigenvalue weighted by Crippen LogP contribution is 2.28. The Hall–Kier alpha value is -3.77. The van der Waals surface area contributed by atoms with Gasteiger partial charge in [-0.05, 0) is 60.4 Å². The lowest BCUT2D eigenvalue weighted by atomic mass is 10.1. The van der Waals surface area contributed by atoms with Crippen molar-refractivity contribution < 1.29 is 14.3 Å². The number of amides is 1. The van der Waals surface area contributed by atoms with Crippen molar-refractivity contribution in [3.63, 3.8) is 0 Å². The molecule has 4 rings (SSSR count). The van der Waals surface area contributed by atoms with Crippen LogP contribution in [0.3, 0.4) is 0 Å². The number of aryl methyl sites for hydroxylation is 1. The van der Waals surface area contributed by atoms with Crippen LogP contribution in [-0.4, -0.2) is 35.7 Å². The number of carbonyl (C=O) groups is 1. The van der Waals surface area contributed by atoms with Gasteiger partial charge in [-0.2, -0.15) is 0 Å². The van der Waals surface area contributed by atoms with E-state index in [2.05, 4.69) is 22.5 Å². The fourth-order valence-corrected chi connectivity index (χ4v) is 4.39. The van der Waals surface area contributed by atoms with Crippen LogP contribution in [0.15, 0.2) is 79.4 Å². The molecule has 6 nitrogen and oxygen atoms in total. The first-order valence-corrected chi connectivity index (χ1v) is 12.8. The van der Waals surface area contributed by atoms with Crippen molar-refractivity contribution in [3.05, 3.63) is 101 Å². The second-order valence-corrected chi connectivity index (χ2v) is 9.19. The lowest BCUT2D eigenvalue weighted by molar-refractivity contribution is -0.120. The molecule has 0 fully saturated rings. The largest absolute Gasteiger partial charge is 0.493 e. The Kier molecular flexibility index (Phi) is 9.22. The SMILES string of the molecule is C=CCc1ccc(OCCn2c(CCCNC(=O)Cc3ccc(Cl)cc3)nc3ccccc32)c(OC)c1. The van der Waals surface area contributed by atoms with Gasteiger partial charge in [-0.25, -0.2) is 4.98 Å². The number of ether oxygens (including phenoxy) is 2. The van der Waals surface area contributed by atoms with Crippen LogP contribution < -0.4 is 14.8 Å². The predicted octanol–water partition coefficient (Wildman–Crippen LogP) is 5.80. The number of para-hydroxylation sites is 2. The lowest BCUT2D eigenvalue weighted by Gasteiger charge is -2.14. The first kappa shape index (κ1) is 26.3. The molecule has 192 valence electrons. The van der Waals surface area contributed by atoms with Crippen LogP contribution in [-0.2, 0) is 30.6 Å². The Morgan fingerprint density at radius 3 is 2.65 bits per heavy atom. The van der Waals surface area contributed by atoms with E-state index in [9.17, 15) is 4.79 Å². The van der Waals surface area contributed by atoms with E-state index in [1.54, 1.807) is 19.2 Å². The molecule has 3 aromatic carbocycles. The van der Waals surface area contributed by atoms with Crippen molar-refractivity contribution in [1.82, 2.24) is 14.9 Å². The Morgan fingerprint density at radius 1 is 1.08 bits per heavy atom. The van der Waals surface area contributed by atoms with Crippen molar-refractivity contribution in [2.75, 3.05) is 20.3 Å². The number of rotatable bonds is 13. The number of carbonyl (C=O) groups excluding carboxylic acids is 1. The second-order valence-electron chi connectivity index (χ2n) is 8.75. The van der Waals surface area contributed by atoms with Gasteiger partial charge in [-0.15, -0.1) is 6.58 Å². The van der Waals surface area contributed by atoms with Gasteiger partial charge in [0.2, 0.25) is 5.91 Å². The van der Waals surface area contributed by atoms with E-state index >= 15 is 0 Å². The van der Waals surface area contributed by atoms with E-state index in [4.69, 9.17) is 26.1 Å². The number of benzene rings is 3. The maximum Gasteiger partial charge on any atom is 0.224 e. The molecule has 1 N–H and O–H groups in total. The van der Waals surface area contributed by atoms with Crippen molar-refractivity contribution >= 4 is 28.5 Å². The maximum absolute atomic E-state index is 12.3. The third-order valence-electron chi connectivity index (χ3n) is 6.09. The van der Waals surface area contributed by atoms with Crippen molar-refractivity contribution in [1.29, 1.82) is 0 Å². The van der Waals surface area contributed by atoms with Gasteiger partial charge in [-0.1, -0.05) is 48.0 Å². The summed E-state index contributed by atoms with van der Waals surface area (Å²) in [5, 5.41) is 3.67. The van der Waals surface area contributed by atoms with E-state index in [1.165, 1.54) is 0 Å². The summed E-state index contributed by atoms with van der Waals surface area (Å²) in [6.45, 7) is 5.50. The minimum absolute atomic E-state index is 0.00252. The Labute approximate surface area is 222 Å². The van der Waals surface area contributed by atoms with Gasteiger partial charge in [0, 0.05) is 18.0 Å². The first-order chi connectivity index (χ1) is 18.1. The van der Waals surface area contributed by atoms with Crippen LogP contribution in [0.2, 0.25) is 5.02 Å². The van der Waals surface area contributed by atoms with Gasteiger partial charge in [0.1, 0.15) is 12.4 Å². The smallest absolute Gasteiger partial charge is 0.224 e. The molecule has 1 aromatic heterocycles. The van der Waals surface area contributed by atoms with Gasteiger partial charge < -0.3 is 19.4 Å². The monoisotopic (exact) mass is 517 g/mol. The summed E-state index contributed by atoms with van der Waals surface area (Å²) >= 11 is 5.92. The molecule has 0 atom stereocenters. The summed E-state index contributed by atoms with van der Waals surface area (Å²) in [5.41, 5.74) is 4.09. The summed E-state index contributed by atoms with van der Waals surface area (Å²) in [6, 6.07) is 21.4. The molecule has 1 amide bonds. The quantitative estimate of drug-likeness (QED) is 0.180. The summed E-state index contributed by atoms with van der Waals surface area (Å²) in [4.78, 5) is 17.2. The Bertz CT molecular complexity index is 1350. The molecule has 37 heavy (non-hydrogen) atoms. The predicted molar refractivity (Wildman–Crippen MR) is 149 cm³/mol. The van der Waals surface area contributed by atoms with Crippen molar-refractivity contribution in [2.24, 2.45) is 0 Å². The molecule has 0 saturated carbocycles. The standard InChI is InChI=1S/C30H32ClN3O3/c1-3-7-22-13-16-27(28(20-22)36-2)37-19-18-34-26-9-5-4-8-25(26)33-29(34)10-6-17-32-30(35)21-23-11-14-24(31)15-12-23/h3-5,8-9,11-16,20H,1,6-7,10,17-19,21H2,2H3,(H,32,35). The molecule has 0 aliphatic rings. The Morgan fingerprint density at radius 2 is 1.86 bits per heavy atom. The summed E-state index contributed by atoms with van der Waals surface area (Å²) in [7, 11) is 1.65. The molecule has 4 aromatic rings. The molecule has 0 aliphatic carbocycles. The number of hydrogen-bond donors (Lipinski definition) is 1. The van der Waals surface area contributed by atoms with Crippen LogP contribution in [0.1, 0.15) is 23.4 Å². The molecule has 7 heteroatoms. The molecule has 0 spiro atoms. The summed E-state index contributed by atoms with van der Waals surface area (Å²) in [6.07, 6.45) is 4.52. The molecular formula is C30H32ClN3O3. The number of nitrogens with zero attached hydrogens (tertiary/aromatic N) is 2. The zero-order valence-corrected chi connectivity index (χ0v) is 21.8.